The average Bonchev–Trinajstić information content (AvgIpc) is 3.63. The van der Waals surface area contributed by atoms with Gasteiger partial charge in [-0.15, -0.1) is 0 Å². The van der Waals surface area contributed by atoms with Crippen molar-refractivity contribution in [2.45, 2.75) is 32.1 Å². The van der Waals surface area contributed by atoms with Crippen LogP contribution >= 0.6 is 0 Å². The van der Waals surface area contributed by atoms with Crippen LogP contribution in [0.5, 0.6) is 5.75 Å². The van der Waals surface area contributed by atoms with Crippen LogP contribution in [0.3, 0.4) is 0 Å². The maximum atomic E-state index is 13.0. The van der Waals surface area contributed by atoms with Crippen molar-refractivity contribution >= 4 is 17.8 Å². The van der Waals surface area contributed by atoms with Gasteiger partial charge < -0.3 is 4.74 Å². The Hall–Kier alpha value is -3.21. The first-order valence-corrected chi connectivity index (χ1v) is 12.3. The third kappa shape index (κ3) is 3.24. The first kappa shape index (κ1) is 21.3. The van der Waals surface area contributed by atoms with Crippen LogP contribution in [0.4, 0.5) is 0 Å². The largest absolute Gasteiger partial charge is 0.426 e. The van der Waals surface area contributed by atoms with Crippen LogP contribution in [-0.2, 0) is 19.8 Å². The van der Waals surface area contributed by atoms with Crippen LogP contribution < -0.4 is 4.74 Å². The Morgan fingerprint density at radius 2 is 1.44 bits per heavy atom. The molecule has 34 heavy (non-hydrogen) atoms. The minimum absolute atomic E-state index is 0.00377. The highest BCUT2D eigenvalue weighted by Gasteiger charge is 2.66. The molecular weight excluding hydrogens is 426 g/mol. The summed E-state index contributed by atoms with van der Waals surface area (Å²) < 4.78 is 5.51. The van der Waals surface area contributed by atoms with Crippen LogP contribution in [-0.4, -0.2) is 29.2 Å². The van der Waals surface area contributed by atoms with E-state index in [1.807, 2.05) is 30.3 Å². The molecular formula is C29H29NO4. The maximum Gasteiger partial charge on any atom is 0.312 e. The number of benzene rings is 2. The lowest BCUT2D eigenvalue weighted by atomic mass is 9.63. The lowest BCUT2D eigenvalue weighted by molar-refractivity contribution is -0.141. The molecule has 1 saturated heterocycles. The second-order valence-corrected chi connectivity index (χ2v) is 10.7. The minimum Gasteiger partial charge on any atom is -0.426 e. The highest BCUT2D eigenvalue weighted by atomic mass is 16.5. The lowest BCUT2D eigenvalue weighted by Gasteiger charge is -2.37. The molecule has 1 aliphatic heterocycles. The van der Waals surface area contributed by atoms with Crippen molar-refractivity contribution < 1.29 is 19.1 Å². The van der Waals surface area contributed by atoms with Crippen molar-refractivity contribution in [2.75, 3.05) is 6.54 Å². The second-order valence-electron chi connectivity index (χ2n) is 10.7. The Morgan fingerprint density at radius 3 is 2.03 bits per heavy atom. The molecule has 4 aliphatic carbocycles. The van der Waals surface area contributed by atoms with Gasteiger partial charge in [-0.25, -0.2) is 0 Å². The van der Waals surface area contributed by atoms with E-state index >= 15 is 0 Å². The van der Waals surface area contributed by atoms with E-state index in [-0.39, 0.29) is 53.9 Å². The van der Waals surface area contributed by atoms with Crippen molar-refractivity contribution in [3.63, 3.8) is 0 Å². The van der Waals surface area contributed by atoms with Crippen LogP contribution in [0.2, 0.25) is 0 Å². The van der Waals surface area contributed by atoms with E-state index in [1.165, 1.54) is 10.5 Å². The van der Waals surface area contributed by atoms with Crippen LogP contribution in [0.1, 0.15) is 37.8 Å². The van der Waals surface area contributed by atoms with E-state index in [0.29, 0.717) is 17.6 Å². The third-order valence-corrected chi connectivity index (χ3v) is 8.60. The first-order chi connectivity index (χ1) is 16.4. The minimum atomic E-state index is -0.436. The summed E-state index contributed by atoms with van der Waals surface area (Å²) in [5.41, 5.74) is 2.16. The summed E-state index contributed by atoms with van der Waals surface area (Å²) in [4.78, 5) is 39.9. The summed E-state index contributed by atoms with van der Waals surface area (Å²) in [5, 5.41) is 0. The van der Waals surface area contributed by atoms with E-state index in [4.69, 9.17) is 4.74 Å². The van der Waals surface area contributed by atoms with Gasteiger partial charge in [0, 0.05) is 12.0 Å². The Morgan fingerprint density at radius 1 is 0.882 bits per heavy atom. The highest BCUT2D eigenvalue weighted by molar-refractivity contribution is 6.06. The van der Waals surface area contributed by atoms with Crippen LogP contribution in [0, 0.1) is 35.5 Å². The molecule has 0 N–H and O–H groups in total. The second kappa shape index (κ2) is 7.66. The molecule has 2 bridgehead atoms. The monoisotopic (exact) mass is 455 g/mol. The van der Waals surface area contributed by atoms with Gasteiger partial charge in [-0.3, -0.25) is 19.3 Å². The van der Waals surface area contributed by atoms with Gasteiger partial charge in [-0.2, -0.15) is 0 Å². The fourth-order valence-corrected chi connectivity index (χ4v) is 6.59. The maximum absolute atomic E-state index is 13.0. The average molecular weight is 456 g/mol. The van der Waals surface area contributed by atoms with E-state index in [0.717, 1.165) is 12.0 Å². The summed E-state index contributed by atoms with van der Waals surface area (Å²) in [7, 11) is 0. The number of imide groups is 1. The summed E-state index contributed by atoms with van der Waals surface area (Å²) >= 11 is 0. The number of carbonyl (C=O) groups excluding carboxylic acids is 3. The molecule has 0 radical (unpaired) electrons. The molecule has 3 fully saturated rings. The number of nitrogens with zero attached hydrogens (tertiary/aromatic N) is 1. The van der Waals surface area contributed by atoms with Gasteiger partial charge in [0.05, 0.1) is 18.3 Å². The summed E-state index contributed by atoms with van der Waals surface area (Å²) in [6.07, 6.45) is 5.46. The number of amides is 2. The van der Waals surface area contributed by atoms with Gasteiger partial charge >= 0.3 is 5.97 Å². The van der Waals surface area contributed by atoms with Gasteiger partial charge in [0.1, 0.15) is 5.75 Å². The van der Waals surface area contributed by atoms with Crippen molar-refractivity contribution in [3.8, 4) is 5.75 Å². The zero-order chi connectivity index (χ0) is 23.6. The topological polar surface area (TPSA) is 63.7 Å². The highest BCUT2D eigenvalue weighted by Crippen LogP contribution is 2.65. The molecule has 6 unspecified atom stereocenters. The number of allylic oxidation sites excluding steroid dienone is 2. The van der Waals surface area contributed by atoms with Gasteiger partial charge in [-0.05, 0) is 53.4 Å². The van der Waals surface area contributed by atoms with E-state index in [1.54, 1.807) is 12.1 Å². The van der Waals surface area contributed by atoms with E-state index in [2.05, 4.69) is 38.1 Å². The van der Waals surface area contributed by atoms with Crippen molar-refractivity contribution in [1.82, 2.24) is 4.90 Å². The number of esters is 1. The van der Waals surface area contributed by atoms with E-state index < -0.39 is 5.97 Å². The fraction of sp³-hybridized carbons (Fsp3) is 0.414. The number of hydrogen-bond acceptors (Lipinski definition) is 4. The van der Waals surface area contributed by atoms with E-state index in [9.17, 15) is 14.4 Å². The molecule has 2 aromatic rings. The van der Waals surface area contributed by atoms with Gasteiger partial charge in [0.25, 0.3) is 0 Å². The van der Waals surface area contributed by atoms with Gasteiger partial charge in [0.2, 0.25) is 11.8 Å². The van der Waals surface area contributed by atoms with Gasteiger partial charge in [-0.1, -0.05) is 68.5 Å². The van der Waals surface area contributed by atoms with Crippen LogP contribution in [0.25, 0.3) is 0 Å². The molecule has 0 aromatic heterocycles. The molecule has 2 saturated carbocycles. The lowest BCUT2D eigenvalue weighted by Crippen LogP contribution is -2.40. The predicted molar refractivity (Wildman–Crippen MR) is 127 cm³/mol. The third-order valence-electron chi connectivity index (χ3n) is 8.60. The SMILES string of the molecule is CC(C)(c1ccccc1)c1ccc(OC(=O)CCN2C(=O)C3C4C=CC(C5CC45)C3C2=O)cc1. The molecule has 5 nitrogen and oxygen atoms in total. The molecule has 6 atom stereocenters. The summed E-state index contributed by atoms with van der Waals surface area (Å²) in [6.45, 7) is 4.42. The molecule has 2 aromatic carbocycles. The smallest absolute Gasteiger partial charge is 0.312 e. The summed E-state index contributed by atoms with van der Waals surface area (Å²) in [5.74, 6) is 0.951. The molecule has 174 valence electrons. The van der Waals surface area contributed by atoms with Gasteiger partial charge in [0.15, 0.2) is 0 Å². The molecule has 2 amide bonds. The Bertz CT molecular complexity index is 1150. The number of likely N-dealkylation sites (tertiary alicyclic amines) is 1. The first-order valence-electron chi connectivity index (χ1n) is 12.3. The molecule has 7 rings (SSSR count). The zero-order valence-corrected chi connectivity index (χ0v) is 19.5. The van der Waals surface area contributed by atoms with Crippen LogP contribution in [0.15, 0.2) is 66.7 Å². The van der Waals surface area contributed by atoms with Crippen molar-refractivity contribution in [3.05, 3.63) is 77.9 Å². The molecule has 0 spiro atoms. The normalized spacial score (nSPS) is 30.8. The Kier molecular flexibility index (Phi) is 4.80. The summed E-state index contributed by atoms with van der Waals surface area (Å²) in [6, 6.07) is 17.8. The number of ether oxygens (including phenoxy) is 1. The zero-order valence-electron chi connectivity index (χ0n) is 19.5. The number of carbonyl (C=O) groups is 3. The Labute approximate surface area is 199 Å². The van der Waals surface area contributed by atoms with Crippen molar-refractivity contribution in [1.29, 1.82) is 0 Å². The van der Waals surface area contributed by atoms with Crippen molar-refractivity contribution in [2.24, 2.45) is 35.5 Å². The number of hydrogen-bond donors (Lipinski definition) is 0. The quantitative estimate of drug-likeness (QED) is 0.281. The molecule has 1 heterocycles. The molecule has 5 heteroatoms. The molecule has 5 aliphatic rings. The standard InChI is InChI=1S/C29H29NO4/c1-29(2,17-6-4-3-5-7-17)18-8-10-19(11-9-18)34-24(31)14-15-30-27(32)25-20-12-13-21(23-16-22(20)23)26(25)28(30)33/h3-13,20-23,25-26H,14-16H2,1-2H3. The fourth-order valence-electron chi connectivity index (χ4n) is 6.59. The Balaban J connectivity index is 1.07. The predicted octanol–water partition coefficient (Wildman–Crippen LogP) is 4.36. The number of rotatable bonds is 6.